The lowest BCUT2D eigenvalue weighted by atomic mass is 9.79. The van der Waals surface area contributed by atoms with Gasteiger partial charge in [0.25, 0.3) is 0 Å². The third-order valence-corrected chi connectivity index (χ3v) is 5.75. The molecule has 3 unspecified atom stereocenters. The molecule has 0 amide bonds. The molecule has 2 nitrogen and oxygen atoms in total. The average Bonchev–Trinajstić information content (AvgIpc) is 2.97. The Labute approximate surface area is 160 Å². The van der Waals surface area contributed by atoms with Crippen LogP contribution in [0.1, 0.15) is 50.8 Å². The fourth-order valence-corrected chi connectivity index (χ4v) is 4.52. The van der Waals surface area contributed by atoms with Gasteiger partial charge in [0.15, 0.2) is 0 Å². The molecular formula is C25H24O2. The van der Waals surface area contributed by atoms with E-state index < -0.39 is 11.9 Å². The van der Waals surface area contributed by atoms with Gasteiger partial charge in [0.1, 0.15) is 0 Å². The van der Waals surface area contributed by atoms with Crippen molar-refractivity contribution in [1.82, 2.24) is 0 Å². The zero-order valence-corrected chi connectivity index (χ0v) is 15.9. The van der Waals surface area contributed by atoms with Gasteiger partial charge >= 0.3 is 5.97 Å². The van der Waals surface area contributed by atoms with E-state index in [1.807, 2.05) is 6.07 Å². The van der Waals surface area contributed by atoms with E-state index in [9.17, 15) is 9.90 Å². The lowest BCUT2D eigenvalue weighted by Gasteiger charge is -2.23. The Kier molecular flexibility index (Phi) is 4.35. The molecular weight excluding hydrogens is 332 g/mol. The molecule has 4 rings (SSSR count). The van der Waals surface area contributed by atoms with Crippen molar-refractivity contribution < 1.29 is 9.90 Å². The molecule has 0 fully saturated rings. The van der Waals surface area contributed by atoms with E-state index >= 15 is 0 Å². The largest absolute Gasteiger partial charge is 0.481 e. The summed E-state index contributed by atoms with van der Waals surface area (Å²) < 4.78 is 0. The fraction of sp³-hybridized carbons (Fsp3) is 0.240. The van der Waals surface area contributed by atoms with Crippen molar-refractivity contribution >= 4 is 5.97 Å². The third kappa shape index (κ3) is 3.06. The summed E-state index contributed by atoms with van der Waals surface area (Å²) >= 11 is 0. The fourth-order valence-electron chi connectivity index (χ4n) is 4.52. The summed E-state index contributed by atoms with van der Waals surface area (Å²) in [5.74, 6) is -1.51. The van der Waals surface area contributed by atoms with Crippen LogP contribution in [-0.4, -0.2) is 11.1 Å². The highest BCUT2D eigenvalue weighted by molar-refractivity contribution is 5.78. The highest BCUT2D eigenvalue weighted by atomic mass is 16.4. The number of aliphatic carboxylic acids is 1. The SMILES string of the molecule is Cc1ccc(C2c3ccc(C)cc3C(c3cccc(C)c3)C2C(=O)O)cc1. The van der Waals surface area contributed by atoms with Crippen LogP contribution in [0.25, 0.3) is 0 Å². The molecule has 0 aromatic heterocycles. The zero-order valence-electron chi connectivity index (χ0n) is 15.9. The van der Waals surface area contributed by atoms with Crippen molar-refractivity contribution in [3.8, 4) is 0 Å². The summed E-state index contributed by atoms with van der Waals surface area (Å²) in [5.41, 5.74) is 7.96. The number of benzene rings is 3. The van der Waals surface area contributed by atoms with Gasteiger partial charge < -0.3 is 5.11 Å². The molecule has 0 bridgehead atoms. The van der Waals surface area contributed by atoms with Gasteiger partial charge in [-0.2, -0.15) is 0 Å². The summed E-state index contributed by atoms with van der Waals surface area (Å²) in [7, 11) is 0. The molecule has 1 aliphatic rings. The molecule has 3 aromatic rings. The Bertz CT molecular complexity index is 1000. The van der Waals surface area contributed by atoms with Crippen molar-refractivity contribution in [3.63, 3.8) is 0 Å². The average molecular weight is 356 g/mol. The van der Waals surface area contributed by atoms with Gasteiger partial charge in [-0.25, -0.2) is 0 Å². The molecule has 0 radical (unpaired) electrons. The normalized spacial score (nSPS) is 21.1. The highest BCUT2D eigenvalue weighted by Crippen LogP contribution is 2.52. The number of carbonyl (C=O) groups is 1. The molecule has 0 saturated heterocycles. The van der Waals surface area contributed by atoms with Crippen LogP contribution in [0.5, 0.6) is 0 Å². The summed E-state index contributed by atoms with van der Waals surface area (Å²) in [6.45, 7) is 6.19. The molecule has 0 saturated carbocycles. The lowest BCUT2D eigenvalue weighted by molar-refractivity contribution is -0.142. The molecule has 0 aliphatic heterocycles. The summed E-state index contributed by atoms with van der Waals surface area (Å²) in [6.07, 6.45) is 0. The molecule has 2 heteroatoms. The monoisotopic (exact) mass is 356 g/mol. The predicted octanol–water partition coefficient (Wildman–Crippen LogP) is 5.59. The summed E-state index contributed by atoms with van der Waals surface area (Å²) in [4.78, 5) is 12.5. The van der Waals surface area contributed by atoms with Crippen LogP contribution in [0, 0.1) is 26.7 Å². The Hall–Kier alpha value is -2.87. The van der Waals surface area contributed by atoms with Crippen LogP contribution in [0.3, 0.4) is 0 Å². The van der Waals surface area contributed by atoms with Gasteiger partial charge in [-0.05, 0) is 43.0 Å². The highest BCUT2D eigenvalue weighted by Gasteiger charge is 2.46. The van der Waals surface area contributed by atoms with Crippen molar-refractivity contribution in [2.45, 2.75) is 32.6 Å². The van der Waals surface area contributed by atoms with E-state index in [1.54, 1.807) is 0 Å². The van der Waals surface area contributed by atoms with Crippen molar-refractivity contribution in [2.75, 3.05) is 0 Å². The minimum atomic E-state index is -0.735. The Balaban J connectivity index is 1.95. The number of hydrogen-bond acceptors (Lipinski definition) is 1. The quantitative estimate of drug-likeness (QED) is 0.664. The van der Waals surface area contributed by atoms with Gasteiger partial charge in [0.05, 0.1) is 5.92 Å². The van der Waals surface area contributed by atoms with Crippen LogP contribution in [0.4, 0.5) is 0 Å². The Morgan fingerprint density at radius 1 is 0.704 bits per heavy atom. The van der Waals surface area contributed by atoms with Gasteiger partial charge in [-0.15, -0.1) is 0 Å². The number of fused-ring (bicyclic) bond motifs is 1. The first-order chi connectivity index (χ1) is 13.0. The maximum atomic E-state index is 12.5. The second-order valence-corrected chi connectivity index (χ2v) is 7.78. The molecule has 27 heavy (non-hydrogen) atoms. The minimum Gasteiger partial charge on any atom is -0.481 e. The van der Waals surface area contributed by atoms with E-state index in [4.69, 9.17) is 0 Å². The Morgan fingerprint density at radius 3 is 2.00 bits per heavy atom. The van der Waals surface area contributed by atoms with Crippen LogP contribution >= 0.6 is 0 Å². The van der Waals surface area contributed by atoms with Crippen molar-refractivity contribution in [3.05, 3.63) is 106 Å². The van der Waals surface area contributed by atoms with E-state index in [1.165, 1.54) is 11.1 Å². The maximum absolute atomic E-state index is 12.5. The minimum absolute atomic E-state index is 0.135. The standard InChI is InChI=1S/C25H24O2/c1-15-7-10-18(11-8-15)22-20-12-9-17(3)14-21(20)23(24(22)25(26)27)19-6-4-5-16(2)13-19/h4-14,22-24H,1-3H3,(H,26,27). The molecule has 136 valence electrons. The van der Waals surface area contributed by atoms with Crippen molar-refractivity contribution in [2.24, 2.45) is 5.92 Å². The van der Waals surface area contributed by atoms with Gasteiger partial charge in [-0.3, -0.25) is 4.79 Å². The second-order valence-electron chi connectivity index (χ2n) is 7.78. The predicted molar refractivity (Wildman–Crippen MR) is 108 cm³/mol. The van der Waals surface area contributed by atoms with Crippen molar-refractivity contribution in [1.29, 1.82) is 0 Å². The first-order valence-electron chi connectivity index (χ1n) is 9.42. The Morgan fingerprint density at radius 2 is 1.33 bits per heavy atom. The lowest BCUT2D eigenvalue weighted by Crippen LogP contribution is -2.24. The van der Waals surface area contributed by atoms with Crippen LogP contribution < -0.4 is 0 Å². The van der Waals surface area contributed by atoms with E-state index in [-0.39, 0.29) is 11.8 Å². The maximum Gasteiger partial charge on any atom is 0.308 e. The van der Waals surface area contributed by atoms with E-state index in [0.717, 1.165) is 27.8 Å². The molecule has 1 aliphatic carbocycles. The topological polar surface area (TPSA) is 37.3 Å². The molecule has 3 aromatic carbocycles. The number of hydrogen-bond donors (Lipinski definition) is 1. The smallest absolute Gasteiger partial charge is 0.308 e. The summed E-state index contributed by atoms with van der Waals surface area (Å²) in [5, 5.41) is 10.2. The molecule has 0 spiro atoms. The third-order valence-electron chi connectivity index (χ3n) is 5.75. The van der Waals surface area contributed by atoms with Crippen LogP contribution in [-0.2, 0) is 4.79 Å². The number of carboxylic acid groups (broad SMARTS) is 1. The molecule has 3 atom stereocenters. The van der Waals surface area contributed by atoms with Crippen LogP contribution in [0.2, 0.25) is 0 Å². The molecule has 0 heterocycles. The second kappa shape index (κ2) is 6.70. The summed E-state index contributed by atoms with van der Waals surface area (Å²) in [6, 6.07) is 23.0. The van der Waals surface area contributed by atoms with E-state index in [2.05, 4.69) is 81.4 Å². The number of aryl methyl sites for hydroxylation is 3. The van der Waals surface area contributed by atoms with Gasteiger partial charge in [0, 0.05) is 11.8 Å². The van der Waals surface area contributed by atoms with E-state index in [0.29, 0.717) is 0 Å². The molecule has 1 N–H and O–H groups in total. The zero-order chi connectivity index (χ0) is 19.1. The first-order valence-corrected chi connectivity index (χ1v) is 9.42. The first kappa shape index (κ1) is 17.5. The van der Waals surface area contributed by atoms with Gasteiger partial charge in [-0.1, -0.05) is 83.4 Å². The number of rotatable bonds is 3. The number of carboxylic acids is 1. The van der Waals surface area contributed by atoms with Crippen LogP contribution in [0.15, 0.2) is 66.7 Å². The van der Waals surface area contributed by atoms with Gasteiger partial charge in [0.2, 0.25) is 0 Å².